The Morgan fingerprint density at radius 1 is 1.19 bits per heavy atom. The Morgan fingerprint density at radius 2 is 1.81 bits per heavy atom. The van der Waals surface area contributed by atoms with Crippen molar-refractivity contribution in [1.82, 2.24) is 4.90 Å². The molecule has 0 N–H and O–H groups in total. The molecule has 0 unspecified atom stereocenters. The second-order valence-corrected chi connectivity index (χ2v) is 7.88. The van der Waals surface area contributed by atoms with Gasteiger partial charge in [0.2, 0.25) is 0 Å². The van der Waals surface area contributed by atoms with Gasteiger partial charge in [0.05, 0.1) is 12.7 Å². The average Bonchev–Trinajstić information content (AvgIpc) is 2.96. The molecule has 27 heavy (non-hydrogen) atoms. The van der Waals surface area contributed by atoms with E-state index < -0.39 is 12.1 Å². The molecule has 2 heterocycles. The topological polar surface area (TPSA) is 59.8 Å². The van der Waals surface area contributed by atoms with Crippen LogP contribution < -0.4 is 0 Å². The maximum absolute atomic E-state index is 12.8. The van der Waals surface area contributed by atoms with E-state index in [4.69, 9.17) is 9.15 Å². The summed E-state index contributed by atoms with van der Waals surface area (Å²) >= 11 is 0. The van der Waals surface area contributed by atoms with Crippen molar-refractivity contribution in [3.63, 3.8) is 0 Å². The lowest BCUT2D eigenvalue weighted by molar-refractivity contribution is -0.161. The highest BCUT2D eigenvalue weighted by molar-refractivity contribution is 5.88. The number of amides is 1. The molecule has 5 nitrogen and oxygen atoms in total. The average molecular weight is 371 g/mol. The Hall–Kier alpha value is -2.30. The zero-order chi connectivity index (χ0) is 19.7. The van der Waals surface area contributed by atoms with E-state index in [1.54, 1.807) is 13.2 Å². The number of nitrogens with zero attached hydrogens (tertiary/aromatic N) is 1. The Balaban J connectivity index is 1.67. The number of rotatable bonds is 4. The van der Waals surface area contributed by atoms with Gasteiger partial charge in [-0.15, -0.1) is 0 Å². The number of fused-ring (bicyclic) bond motifs is 1. The molecular weight excluding hydrogens is 342 g/mol. The van der Waals surface area contributed by atoms with E-state index in [0.29, 0.717) is 0 Å². The van der Waals surface area contributed by atoms with E-state index in [-0.39, 0.29) is 24.4 Å². The van der Waals surface area contributed by atoms with Crippen molar-refractivity contribution < 1.29 is 18.7 Å². The molecular formula is C22H29NO4. The first-order valence-corrected chi connectivity index (χ1v) is 9.77. The first-order valence-electron chi connectivity index (χ1n) is 9.77. The molecule has 0 spiro atoms. The fourth-order valence-electron chi connectivity index (χ4n) is 3.98. The number of hydrogen-bond acceptors (Lipinski definition) is 4. The van der Waals surface area contributed by atoms with Gasteiger partial charge in [0.15, 0.2) is 6.10 Å². The fraction of sp³-hybridized carbons (Fsp3) is 0.545. The predicted octanol–water partition coefficient (Wildman–Crippen LogP) is 4.31. The molecule has 1 aliphatic rings. The van der Waals surface area contributed by atoms with Crippen LogP contribution in [-0.2, 0) is 20.7 Å². The highest BCUT2D eigenvalue weighted by Gasteiger charge is 2.33. The zero-order valence-electron chi connectivity index (χ0n) is 16.9. The summed E-state index contributed by atoms with van der Waals surface area (Å²) in [4.78, 5) is 27.1. The van der Waals surface area contributed by atoms with Crippen molar-refractivity contribution in [3.05, 3.63) is 35.1 Å². The monoisotopic (exact) mass is 371 g/mol. The van der Waals surface area contributed by atoms with Gasteiger partial charge < -0.3 is 14.1 Å². The van der Waals surface area contributed by atoms with Gasteiger partial charge in [-0.05, 0) is 77.1 Å². The normalized spacial score (nSPS) is 21.3. The van der Waals surface area contributed by atoms with Crippen LogP contribution >= 0.6 is 0 Å². The van der Waals surface area contributed by atoms with Crippen molar-refractivity contribution >= 4 is 22.8 Å². The minimum absolute atomic E-state index is 0.0955. The summed E-state index contributed by atoms with van der Waals surface area (Å²) in [6, 6.07) is 4.38. The lowest BCUT2D eigenvalue weighted by atomic mass is 9.97. The number of carbonyl (C=O) groups excluding carboxylic acids is 2. The first kappa shape index (κ1) is 19.5. The van der Waals surface area contributed by atoms with E-state index in [1.807, 2.05) is 30.9 Å². The van der Waals surface area contributed by atoms with E-state index >= 15 is 0 Å². The van der Waals surface area contributed by atoms with Gasteiger partial charge >= 0.3 is 5.97 Å². The number of hydrogen-bond donors (Lipinski definition) is 0. The second-order valence-electron chi connectivity index (χ2n) is 7.88. The van der Waals surface area contributed by atoms with Gasteiger partial charge in [-0.3, -0.25) is 9.59 Å². The van der Waals surface area contributed by atoms with Gasteiger partial charge in [0.1, 0.15) is 5.58 Å². The van der Waals surface area contributed by atoms with E-state index in [1.165, 1.54) is 0 Å². The number of piperidine rings is 1. The minimum Gasteiger partial charge on any atom is -0.464 e. The van der Waals surface area contributed by atoms with Gasteiger partial charge in [-0.2, -0.15) is 0 Å². The molecule has 0 bridgehead atoms. The van der Waals surface area contributed by atoms with Crippen LogP contribution in [0.1, 0.15) is 56.7 Å². The largest absolute Gasteiger partial charge is 0.464 e. The van der Waals surface area contributed by atoms with Gasteiger partial charge in [-0.25, -0.2) is 0 Å². The number of aryl methyl sites for hydroxylation is 2. The van der Waals surface area contributed by atoms with Gasteiger partial charge in [0.25, 0.3) is 5.91 Å². The lowest BCUT2D eigenvalue weighted by Gasteiger charge is -2.40. The third-order valence-corrected chi connectivity index (χ3v) is 5.71. The molecule has 3 rings (SSSR count). The maximum atomic E-state index is 12.8. The number of carbonyl (C=O) groups is 2. The van der Waals surface area contributed by atoms with Gasteiger partial charge in [0, 0.05) is 23.0 Å². The van der Waals surface area contributed by atoms with E-state index in [9.17, 15) is 9.59 Å². The molecule has 0 radical (unpaired) electrons. The summed E-state index contributed by atoms with van der Waals surface area (Å²) in [5.74, 6) is -0.513. The quantitative estimate of drug-likeness (QED) is 0.751. The lowest BCUT2D eigenvalue weighted by Crippen LogP contribution is -2.51. The van der Waals surface area contributed by atoms with Crippen LogP contribution in [0.3, 0.4) is 0 Å². The van der Waals surface area contributed by atoms with Crippen molar-refractivity contribution in [3.8, 4) is 0 Å². The number of furan rings is 1. The molecule has 2 aromatic rings. The van der Waals surface area contributed by atoms with Crippen LogP contribution in [0, 0.1) is 13.8 Å². The highest BCUT2D eigenvalue weighted by atomic mass is 16.5. The van der Waals surface area contributed by atoms with Crippen LogP contribution in [0.15, 0.2) is 22.8 Å². The molecule has 1 aromatic carbocycles. The standard InChI is InChI=1S/C22H29NO4/c1-13-9-19-18(12-26-20(19)10-14(13)2)11-21(24)27-17(5)22(25)23-15(3)7-6-8-16(23)4/h9-10,12,15-17H,6-8,11H2,1-5H3/t15-,16+,17-/m0/s1. The van der Waals surface area contributed by atoms with E-state index in [2.05, 4.69) is 13.8 Å². The summed E-state index contributed by atoms with van der Waals surface area (Å²) in [6.45, 7) is 9.84. The maximum Gasteiger partial charge on any atom is 0.311 e. The van der Waals surface area contributed by atoms with Crippen molar-refractivity contribution in [2.75, 3.05) is 0 Å². The Bertz CT molecular complexity index is 843. The third kappa shape index (κ3) is 4.02. The summed E-state index contributed by atoms with van der Waals surface area (Å²) in [5, 5.41) is 0.923. The van der Waals surface area contributed by atoms with Crippen molar-refractivity contribution in [2.45, 2.75) is 78.5 Å². The van der Waals surface area contributed by atoms with E-state index in [0.717, 1.165) is 46.9 Å². The molecule has 1 aliphatic heterocycles. The smallest absolute Gasteiger partial charge is 0.311 e. The summed E-state index contributed by atoms with van der Waals surface area (Å²) in [7, 11) is 0. The number of ether oxygens (including phenoxy) is 1. The molecule has 5 heteroatoms. The Kier molecular flexibility index (Phi) is 5.59. The fourth-order valence-corrected chi connectivity index (χ4v) is 3.98. The van der Waals surface area contributed by atoms with Crippen LogP contribution in [0.25, 0.3) is 11.0 Å². The Morgan fingerprint density at radius 3 is 2.48 bits per heavy atom. The van der Waals surface area contributed by atoms with Crippen LogP contribution in [0.4, 0.5) is 0 Å². The molecule has 1 aromatic heterocycles. The third-order valence-electron chi connectivity index (χ3n) is 5.71. The van der Waals surface area contributed by atoms with Crippen molar-refractivity contribution in [2.24, 2.45) is 0 Å². The Labute approximate surface area is 160 Å². The van der Waals surface area contributed by atoms with Crippen LogP contribution in [-0.4, -0.2) is 35.0 Å². The molecule has 146 valence electrons. The van der Waals surface area contributed by atoms with Crippen LogP contribution in [0.2, 0.25) is 0 Å². The molecule has 1 fully saturated rings. The van der Waals surface area contributed by atoms with Gasteiger partial charge in [-0.1, -0.05) is 0 Å². The number of benzene rings is 1. The minimum atomic E-state index is -0.775. The van der Waals surface area contributed by atoms with Crippen LogP contribution in [0.5, 0.6) is 0 Å². The zero-order valence-corrected chi connectivity index (χ0v) is 16.9. The first-order chi connectivity index (χ1) is 12.8. The summed E-state index contributed by atoms with van der Waals surface area (Å²) in [5.41, 5.74) is 3.85. The summed E-state index contributed by atoms with van der Waals surface area (Å²) < 4.78 is 11.0. The molecule has 0 saturated carbocycles. The summed E-state index contributed by atoms with van der Waals surface area (Å²) in [6.07, 6.45) is 4.05. The highest BCUT2D eigenvalue weighted by Crippen LogP contribution is 2.26. The molecule has 1 saturated heterocycles. The second kappa shape index (κ2) is 7.75. The number of esters is 1. The number of likely N-dealkylation sites (tertiary alicyclic amines) is 1. The molecule has 0 aliphatic carbocycles. The SMILES string of the molecule is Cc1cc2occ(CC(=O)O[C@@H](C)C(=O)N3[C@H](C)CCC[C@@H]3C)c2cc1C. The van der Waals surface area contributed by atoms with Crippen molar-refractivity contribution in [1.29, 1.82) is 0 Å². The molecule has 3 atom stereocenters. The molecule has 1 amide bonds. The predicted molar refractivity (Wildman–Crippen MR) is 105 cm³/mol.